The van der Waals surface area contributed by atoms with E-state index < -0.39 is 0 Å². The Hall–Kier alpha value is -3.91. The number of benzene rings is 4. The molecule has 9 heteroatoms. The van der Waals surface area contributed by atoms with E-state index in [0.29, 0.717) is 49.5 Å². The van der Waals surface area contributed by atoms with Gasteiger partial charge in [0.25, 0.3) is 5.91 Å². The van der Waals surface area contributed by atoms with Gasteiger partial charge >= 0.3 is 0 Å². The monoisotopic (exact) mass is 604 g/mol. The van der Waals surface area contributed by atoms with E-state index in [-0.39, 0.29) is 12.5 Å². The molecule has 0 aromatic heterocycles. The quantitative estimate of drug-likeness (QED) is 0.194. The predicted octanol–water partition coefficient (Wildman–Crippen LogP) is 8.36. The van der Waals surface area contributed by atoms with Gasteiger partial charge in [0.2, 0.25) is 0 Å². The average molecular weight is 606 g/mol. The predicted molar refractivity (Wildman–Crippen MR) is 167 cm³/mol. The van der Waals surface area contributed by atoms with Crippen LogP contribution in [-0.2, 0) is 18.0 Å². The van der Waals surface area contributed by atoms with Crippen LogP contribution in [0.3, 0.4) is 0 Å². The molecule has 1 heterocycles. The Morgan fingerprint density at radius 1 is 0.854 bits per heavy atom. The van der Waals surface area contributed by atoms with Gasteiger partial charge in [-0.15, -0.1) is 0 Å². The lowest BCUT2D eigenvalue weighted by molar-refractivity contribution is -0.115. The van der Waals surface area contributed by atoms with Gasteiger partial charge in [-0.05, 0) is 77.9 Å². The van der Waals surface area contributed by atoms with E-state index >= 15 is 0 Å². The standard InChI is InChI=1S/C32H26Cl2N2O4S/c1-20-8-11-24(12-9-20)35-32-36-31(37)29(41-32)17-23-14-25(33)30(26(34)15-23)40-19-22-10-13-27(28(16-22)38-2)39-18-21-6-4-3-5-7-21/h3-17H,18-19H2,1-2H3,(H,35,36,37)/b29-17+. The van der Waals surface area contributed by atoms with Crippen molar-refractivity contribution in [2.45, 2.75) is 20.1 Å². The summed E-state index contributed by atoms with van der Waals surface area (Å²) in [5, 5.41) is 3.96. The smallest absolute Gasteiger partial charge is 0.264 e. The fourth-order valence-corrected chi connectivity index (χ4v) is 5.44. The third-order valence-corrected chi connectivity index (χ3v) is 7.55. The minimum atomic E-state index is -0.237. The summed E-state index contributed by atoms with van der Waals surface area (Å²) in [6, 6.07) is 26.7. The number of aryl methyl sites for hydroxylation is 1. The van der Waals surface area contributed by atoms with Gasteiger partial charge in [-0.1, -0.05) is 77.3 Å². The molecule has 4 aromatic rings. The van der Waals surface area contributed by atoms with Crippen molar-refractivity contribution < 1.29 is 19.0 Å². The summed E-state index contributed by atoms with van der Waals surface area (Å²) in [6.45, 7) is 2.66. The molecule has 1 fully saturated rings. The first-order valence-corrected chi connectivity index (χ1v) is 14.3. The number of thioether (sulfide) groups is 1. The number of rotatable bonds is 9. The van der Waals surface area contributed by atoms with Crippen LogP contribution < -0.4 is 19.5 Å². The van der Waals surface area contributed by atoms with E-state index in [2.05, 4.69) is 10.3 Å². The topological polar surface area (TPSA) is 69.2 Å². The Bertz CT molecular complexity index is 1600. The number of aliphatic imine (C=N–C) groups is 1. The Morgan fingerprint density at radius 3 is 2.27 bits per heavy atom. The number of nitrogens with zero attached hydrogens (tertiary/aromatic N) is 1. The summed E-state index contributed by atoms with van der Waals surface area (Å²) >= 11 is 14.3. The van der Waals surface area contributed by atoms with Gasteiger partial charge in [0.05, 0.1) is 27.7 Å². The first-order valence-electron chi connectivity index (χ1n) is 12.7. The second-order valence-electron chi connectivity index (χ2n) is 9.18. The molecule has 6 nitrogen and oxygen atoms in total. The van der Waals surface area contributed by atoms with E-state index in [1.54, 1.807) is 25.3 Å². The van der Waals surface area contributed by atoms with Crippen molar-refractivity contribution in [1.29, 1.82) is 0 Å². The molecule has 0 spiro atoms. The number of amidine groups is 1. The van der Waals surface area contributed by atoms with Crippen LogP contribution in [0, 0.1) is 6.92 Å². The van der Waals surface area contributed by atoms with Crippen LogP contribution in [-0.4, -0.2) is 18.2 Å². The molecular weight excluding hydrogens is 579 g/mol. The maximum atomic E-state index is 12.5. The maximum Gasteiger partial charge on any atom is 0.264 e. The van der Waals surface area contributed by atoms with Crippen LogP contribution in [0.2, 0.25) is 10.0 Å². The zero-order valence-corrected chi connectivity index (χ0v) is 24.6. The largest absolute Gasteiger partial charge is 0.493 e. The van der Waals surface area contributed by atoms with Crippen LogP contribution in [0.5, 0.6) is 17.2 Å². The number of methoxy groups -OCH3 is 1. The normalized spacial score (nSPS) is 14.8. The SMILES string of the molecule is COc1cc(COc2c(Cl)cc(/C=C3/SC(=Nc4ccc(C)cc4)NC3=O)cc2Cl)ccc1OCc1ccccc1. The maximum absolute atomic E-state index is 12.5. The molecule has 1 aliphatic heterocycles. The fraction of sp³-hybridized carbons (Fsp3) is 0.125. The molecule has 0 bridgehead atoms. The van der Waals surface area contributed by atoms with Crippen LogP contribution in [0.1, 0.15) is 22.3 Å². The molecular formula is C32H26Cl2N2O4S. The minimum Gasteiger partial charge on any atom is -0.493 e. The second kappa shape index (κ2) is 13.2. The highest BCUT2D eigenvalue weighted by Crippen LogP contribution is 2.37. The lowest BCUT2D eigenvalue weighted by Crippen LogP contribution is -2.19. The molecule has 1 aliphatic rings. The Kier molecular flexibility index (Phi) is 9.19. The van der Waals surface area contributed by atoms with E-state index in [0.717, 1.165) is 22.4 Å². The molecule has 4 aromatic carbocycles. The molecule has 1 amide bonds. The van der Waals surface area contributed by atoms with Crippen molar-refractivity contribution >= 4 is 57.8 Å². The van der Waals surface area contributed by atoms with Crippen LogP contribution >= 0.6 is 35.0 Å². The highest BCUT2D eigenvalue weighted by Gasteiger charge is 2.24. The van der Waals surface area contributed by atoms with E-state index in [4.69, 9.17) is 37.4 Å². The molecule has 0 radical (unpaired) electrons. The number of carbonyl (C=O) groups is 1. The van der Waals surface area contributed by atoms with Gasteiger partial charge in [0, 0.05) is 0 Å². The molecule has 41 heavy (non-hydrogen) atoms. The summed E-state index contributed by atoms with van der Waals surface area (Å²) in [5.41, 5.74) is 4.49. The number of ether oxygens (including phenoxy) is 3. The number of halogens is 2. The first-order chi connectivity index (χ1) is 19.9. The van der Waals surface area contributed by atoms with E-state index in [9.17, 15) is 4.79 Å². The highest BCUT2D eigenvalue weighted by atomic mass is 35.5. The van der Waals surface area contributed by atoms with Crippen molar-refractivity contribution in [1.82, 2.24) is 5.32 Å². The van der Waals surface area contributed by atoms with Crippen molar-refractivity contribution in [2.75, 3.05) is 7.11 Å². The summed E-state index contributed by atoms with van der Waals surface area (Å²) in [6.07, 6.45) is 1.72. The third-order valence-electron chi connectivity index (χ3n) is 6.08. The van der Waals surface area contributed by atoms with Gasteiger partial charge in [-0.3, -0.25) is 4.79 Å². The van der Waals surface area contributed by atoms with E-state index in [1.807, 2.05) is 79.7 Å². The average Bonchev–Trinajstić information content (AvgIpc) is 3.31. The molecule has 0 saturated carbocycles. The third kappa shape index (κ3) is 7.44. The number of hydrogen-bond acceptors (Lipinski definition) is 6. The molecule has 1 saturated heterocycles. The minimum absolute atomic E-state index is 0.215. The molecule has 5 rings (SSSR count). The second-order valence-corrected chi connectivity index (χ2v) is 11.0. The van der Waals surface area contributed by atoms with Crippen molar-refractivity contribution in [3.63, 3.8) is 0 Å². The molecule has 0 unspecified atom stereocenters. The summed E-state index contributed by atoms with van der Waals surface area (Å²) in [7, 11) is 1.59. The van der Waals surface area contributed by atoms with Gasteiger partial charge in [0.1, 0.15) is 13.2 Å². The van der Waals surface area contributed by atoms with Crippen molar-refractivity contribution in [2.24, 2.45) is 4.99 Å². The van der Waals surface area contributed by atoms with E-state index in [1.165, 1.54) is 11.8 Å². The summed E-state index contributed by atoms with van der Waals surface area (Å²) in [5.74, 6) is 1.34. The summed E-state index contributed by atoms with van der Waals surface area (Å²) < 4.78 is 17.4. The lowest BCUT2D eigenvalue weighted by Gasteiger charge is -2.14. The van der Waals surface area contributed by atoms with Crippen LogP contribution in [0.15, 0.2) is 94.8 Å². The zero-order valence-electron chi connectivity index (χ0n) is 22.3. The molecule has 0 aliphatic carbocycles. The number of nitrogens with one attached hydrogen (secondary N) is 1. The Labute approximate surface area is 253 Å². The molecule has 0 atom stereocenters. The zero-order chi connectivity index (χ0) is 28.8. The summed E-state index contributed by atoms with van der Waals surface area (Å²) in [4.78, 5) is 17.5. The number of hydrogen-bond donors (Lipinski definition) is 1. The van der Waals surface area contributed by atoms with Gasteiger partial charge < -0.3 is 19.5 Å². The molecule has 1 N–H and O–H groups in total. The number of carbonyl (C=O) groups excluding carboxylic acids is 1. The fourth-order valence-electron chi connectivity index (χ4n) is 3.98. The van der Waals surface area contributed by atoms with Gasteiger partial charge in [-0.25, -0.2) is 4.99 Å². The highest BCUT2D eigenvalue weighted by molar-refractivity contribution is 8.18. The first kappa shape index (κ1) is 28.6. The Balaban J connectivity index is 1.24. The van der Waals surface area contributed by atoms with Gasteiger partial charge in [0.15, 0.2) is 22.4 Å². The van der Waals surface area contributed by atoms with Crippen molar-refractivity contribution in [3.8, 4) is 17.2 Å². The van der Waals surface area contributed by atoms with Gasteiger partial charge in [-0.2, -0.15) is 0 Å². The molecule has 208 valence electrons. The van der Waals surface area contributed by atoms with Crippen LogP contribution in [0.25, 0.3) is 6.08 Å². The van der Waals surface area contributed by atoms with Crippen molar-refractivity contribution in [3.05, 3.63) is 122 Å². The Morgan fingerprint density at radius 2 is 1.56 bits per heavy atom. The van der Waals surface area contributed by atoms with Crippen LogP contribution in [0.4, 0.5) is 5.69 Å². The number of amides is 1. The lowest BCUT2D eigenvalue weighted by atomic mass is 10.2.